The molecule has 0 N–H and O–H groups in total. The highest BCUT2D eigenvalue weighted by atomic mass is 35.5. The van der Waals surface area contributed by atoms with Crippen LogP contribution < -0.4 is 0 Å². The van der Waals surface area contributed by atoms with Crippen molar-refractivity contribution in [2.75, 3.05) is 13.7 Å². The molecule has 6 heteroatoms. The summed E-state index contributed by atoms with van der Waals surface area (Å²) in [6.45, 7) is 0.936. The number of furan rings is 1. The maximum atomic E-state index is 12.1. The minimum atomic E-state index is -0.211. The van der Waals surface area contributed by atoms with Crippen molar-refractivity contribution < 1.29 is 13.9 Å². The van der Waals surface area contributed by atoms with Gasteiger partial charge >= 0.3 is 0 Å². The first-order valence-electron chi connectivity index (χ1n) is 5.01. The van der Waals surface area contributed by atoms with Crippen LogP contribution in [0.4, 0.5) is 0 Å². The molecule has 0 unspecified atom stereocenters. The van der Waals surface area contributed by atoms with Gasteiger partial charge in [0, 0.05) is 7.11 Å². The summed E-state index contributed by atoms with van der Waals surface area (Å²) in [6, 6.07) is 1.59. The van der Waals surface area contributed by atoms with Gasteiger partial charge in [-0.3, -0.25) is 9.48 Å². The van der Waals surface area contributed by atoms with E-state index in [4.69, 9.17) is 20.8 Å². The number of aromatic nitrogens is 2. The van der Waals surface area contributed by atoms with Crippen molar-refractivity contribution in [3.05, 3.63) is 41.1 Å². The quantitative estimate of drug-likeness (QED) is 0.766. The Labute approximate surface area is 103 Å². The molecule has 2 aromatic heterocycles. The third-order valence-electron chi connectivity index (χ3n) is 2.30. The first-order chi connectivity index (χ1) is 8.24. The molecule has 0 amide bonds. The molecule has 90 valence electrons. The Hall–Kier alpha value is -1.59. The molecule has 0 aliphatic carbocycles. The molecular formula is C11H11ClN2O3. The fourth-order valence-corrected chi connectivity index (χ4v) is 1.69. The van der Waals surface area contributed by atoms with E-state index >= 15 is 0 Å². The van der Waals surface area contributed by atoms with E-state index in [1.807, 2.05) is 0 Å². The Morgan fingerprint density at radius 3 is 3.12 bits per heavy atom. The molecule has 0 aliphatic rings. The summed E-state index contributed by atoms with van der Waals surface area (Å²) >= 11 is 5.96. The summed E-state index contributed by atoms with van der Waals surface area (Å²) in [5.41, 5.74) is 0.802. The number of hydrogen-bond donors (Lipinski definition) is 0. The lowest BCUT2D eigenvalue weighted by Crippen LogP contribution is -2.14. The second-order valence-corrected chi connectivity index (χ2v) is 3.81. The Morgan fingerprint density at radius 1 is 1.65 bits per heavy atom. The lowest BCUT2D eigenvalue weighted by Gasteiger charge is -2.05. The van der Waals surface area contributed by atoms with Crippen molar-refractivity contribution in [3.63, 3.8) is 0 Å². The van der Waals surface area contributed by atoms with Crippen LogP contribution in [-0.2, 0) is 11.3 Å². The van der Waals surface area contributed by atoms with Crippen molar-refractivity contribution in [3.8, 4) is 0 Å². The molecule has 0 aliphatic heterocycles. The van der Waals surface area contributed by atoms with Gasteiger partial charge in [0.15, 0.2) is 0 Å². The van der Waals surface area contributed by atoms with Crippen LogP contribution in [0.5, 0.6) is 0 Å². The maximum Gasteiger partial charge on any atom is 0.215 e. The average molecular weight is 255 g/mol. The summed E-state index contributed by atoms with van der Waals surface area (Å²) in [5, 5.41) is 4.36. The Balaban J connectivity index is 2.31. The van der Waals surface area contributed by atoms with Crippen LogP contribution in [0.25, 0.3) is 0 Å². The van der Waals surface area contributed by atoms with E-state index in [0.29, 0.717) is 29.4 Å². The topological polar surface area (TPSA) is 57.3 Å². The fraction of sp³-hybridized carbons (Fsp3) is 0.273. The van der Waals surface area contributed by atoms with E-state index in [0.717, 1.165) is 0 Å². The van der Waals surface area contributed by atoms with Crippen LogP contribution in [0, 0.1) is 0 Å². The number of halogens is 1. The second-order valence-electron chi connectivity index (χ2n) is 3.40. The summed E-state index contributed by atoms with van der Waals surface area (Å²) in [4.78, 5) is 12.1. The van der Waals surface area contributed by atoms with E-state index in [1.54, 1.807) is 13.2 Å². The van der Waals surface area contributed by atoms with Gasteiger partial charge in [-0.2, -0.15) is 5.10 Å². The normalized spacial score (nSPS) is 10.7. The van der Waals surface area contributed by atoms with Gasteiger partial charge in [-0.05, 0) is 6.07 Å². The molecule has 2 rings (SSSR count). The highest BCUT2D eigenvalue weighted by Crippen LogP contribution is 2.19. The molecule has 0 atom stereocenters. The second kappa shape index (κ2) is 5.16. The number of rotatable bonds is 5. The van der Waals surface area contributed by atoms with Crippen LogP contribution in [0.15, 0.2) is 29.2 Å². The van der Waals surface area contributed by atoms with Crippen LogP contribution in [0.3, 0.4) is 0 Å². The molecule has 0 radical (unpaired) electrons. The highest BCUT2D eigenvalue weighted by molar-refractivity contribution is 6.34. The minimum Gasteiger partial charge on any atom is -0.472 e. The van der Waals surface area contributed by atoms with Crippen molar-refractivity contribution in [1.29, 1.82) is 0 Å². The van der Waals surface area contributed by atoms with Gasteiger partial charge in [-0.25, -0.2) is 0 Å². The van der Waals surface area contributed by atoms with Crippen LogP contribution in [0.1, 0.15) is 16.1 Å². The van der Waals surface area contributed by atoms with Crippen molar-refractivity contribution in [2.24, 2.45) is 0 Å². The van der Waals surface area contributed by atoms with Crippen molar-refractivity contribution in [2.45, 2.75) is 6.54 Å². The predicted octanol–water partition coefficient (Wildman–Crippen LogP) is 2.01. The molecule has 0 saturated heterocycles. The van der Waals surface area contributed by atoms with Gasteiger partial charge in [0.25, 0.3) is 0 Å². The summed E-state index contributed by atoms with van der Waals surface area (Å²) in [7, 11) is 1.59. The molecule has 2 aromatic rings. The van der Waals surface area contributed by atoms with E-state index in [2.05, 4.69) is 5.10 Å². The van der Waals surface area contributed by atoms with Crippen molar-refractivity contribution >= 4 is 17.4 Å². The van der Waals surface area contributed by atoms with Crippen LogP contribution in [0.2, 0.25) is 5.02 Å². The molecular weight excluding hydrogens is 244 g/mol. The van der Waals surface area contributed by atoms with E-state index in [9.17, 15) is 4.79 Å². The number of carbonyl (C=O) groups is 1. The van der Waals surface area contributed by atoms with Crippen LogP contribution in [-0.4, -0.2) is 29.3 Å². The molecule has 0 spiro atoms. The Bertz CT molecular complexity index is 505. The van der Waals surface area contributed by atoms with E-state index in [1.165, 1.54) is 23.4 Å². The number of methoxy groups -OCH3 is 1. The molecule has 0 aromatic carbocycles. The number of ketones is 1. The minimum absolute atomic E-state index is 0.211. The number of carbonyl (C=O) groups excluding carboxylic acids is 1. The van der Waals surface area contributed by atoms with Gasteiger partial charge in [-0.15, -0.1) is 0 Å². The summed E-state index contributed by atoms with van der Waals surface area (Å²) < 4.78 is 11.4. The molecule has 0 fully saturated rings. The Morgan fingerprint density at radius 2 is 2.47 bits per heavy atom. The first-order valence-corrected chi connectivity index (χ1v) is 5.39. The summed E-state index contributed by atoms with van der Waals surface area (Å²) in [6.07, 6.45) is 4.27. The SMILES string of the molecule is COCCn1ncc(Cl)c1C(=O)c1ccoc1. The fourth-order valence-electron chi connectivity index (χ4n) is 1.47. The predicted molar refractivity (Wildman–Crippen MR) is 61.3 cm³/mol. The zero-order valence-corrected chi connectivity index (χ0v) is 9.98. The lowest BCUT2D eigenvalue weighted by atomic mass is 10.1. The largest absolute Gasteiger partial charge is 0.472 e. The molecule has 17 heavy (non-hydrogen) atoms. The third-order valence-corrected chi connectivity index (χ3v) is 2.58. The molecule has 5 nitrogen and oxygen atoms in total. The van der Waals surface area contributed by atoms with Gasteiger partial charge in [0.1, 0.15) is 12.0 Å². The molecule has 0 saturated carbocycles. The standard InChI is InChI=1S/C11H11ClN2O3/c1-16-5-3-14-10(9(12)6-13-14)11(15)8-2-4-17-7-8/h2,4,6-7H,3,5H2,1H3. The monoisotopic (exact) mass is 254 g/mol. The number of nitrogens with zero attached hydrogens (tertiary/aromatic N) is 2. The van der Waals surface area contributed by atoms with Gasteiger partial charge < -0.3 is 9.15 Å². The van der Waals surface area contributed by atoms with Gasteiger partial charge in [0.05, 0.1) is 36.2 Å². The summed E-state index contributed by atoms with van der Waals surface area (Å²) in [5.74, 6) is -0.211. The van der Waals surface area contributed by atoms with Gasteiger partial charge in [-0.1, -0.05) is 11.6 Å². The maximum absolute atomic E-state index is 12.1. The zero-order chi connectivity index (χ0) is 12.3. The number of hydrogen-bond acceptors (Lipinski definition) is 4. The third kappa shape index (κ3) is 2.40. The Kier molecular flexibility index (Phi) is 3.61. The van der Waals surface area contributed by atoms with E-state index < -0.39 is 0 Å². The zero-order valence-electron chi connectivity index (χ0n) is 9.22. The lowest BCUT2D eigenvalue weighted by molar-refractivity contribution is 0.102. The van der Waals surface area contributed by atoms with Crippen molar-refractivity contribution in [1.82, 2.24) is 9.78 Å². The highest BCUT2D eigenvalue weighted by Gasteiger charge is 2.19. The van der Waals surface area contributed by atoms with Crippen LogP contribution >= 0.6 is 11.6 Å². The molecule has 2 heterocycles. The average Bonchev–Trinajstić information content (AvgIpc) is 2.95. The number of ether oxygens (including phenoxy) is 1. The smallest absolute Gasteiger partial charge is 0.215 e. The molecule has 0 bridgehead atoms. The van der Waals surface area contributed by atoms with Gasteiger partial charge in [0.2, 0.25) is 5.78 Å². The van der Waals surface area contributed by atoms with E-state index in [-0.39, 0.29) is 5.78 Å². The first kappa shape index (κ1) is 11.9.